The number of β-amino-alcohol motifs (C(OH)–C–C–N with tert-alkyl or cyclic N) is 1. The van der Waals surface area contributed by atoms with Gasteiger partial charge in [0.25, 0.3) is 0 Å². The molecule has 1 atom stereocenters. The fourth-order valence-corrected chi connectivity index (χ4v) is 2.44. The zero-order valence-corrected chi connectivity index (χ0v) is 12.3. The highest BCUT2D eigenvalue weighted by atomic mass is 16.3. The predicted octanol–water partition coefficient (Wildman–Crippen LogP) is 1.50. The normalized spacial score (nSPS) is 19.3. The van der Waals surface area contributed by atoms with Crippen molar-refractivity contribution in [2.75, 3.05) is 32.7 Å². The molecule has 0 aromatic carbocycles. The van der Waals surface area contributed by atoms with Crippen molar-refractivity contribution in [1.82, 2.24) is 9.80 Å². The lowest BCUT2D eigenvalue weighted by molar-refractivity contribution is -0.134. The van der Waals surface area contributed by atoms with Crippen LogP contribution in [0.3, 0.4) is 0 Å². The zero-order valence-electron chi connectivity index (χ0n) is 12.3. The average Bonchev–Trinajstić information content (AvgIpc) is 2.61. The van der Waals surface area contributed by atoms with Crippen molar-refractivity contribution < 1.29 is 9.90 Å². The van der Waals surface area contributed by atoms with E-state index in [0.717, 1.165) is 45.4 Å². The van der Waals surface area contributed by atoms with E-state index in [-0.39, 0.29) is 17.9 Å². The first-order valence-corrected chi connectivity index (χ1v) is 7.34. The van der Waals surface area contributed by atoms with Crippen molar-refractivity contribution >= 4 is 5.91 Å². The van der Waals surface area contributed by atoms with E-state index in [1.54, 1.807) is 0 Å². The molecule has 1 N–H and O–H groups in total. The number of amides is 1. The number of rotatable bonds is 6. The van der Waals surface area contributed by atoms with Crippen LogP contribution in [0.25, 0.3) is 0 Å². The minimum atomic E-state index is -0.287. The van der Waals surface area contributed by atoms with E-state index in [1.165, 1.54) is 0 Å². The molecule has 0 bridgehead atoms. The van der Waals surface area contributed by atoms with E-state index in [9.17, 15) is 9.90 Å². The smallest absolute Gasteiger partial charge is 0.225 e. The summed E-state index contributed by atoms with van der Waals surface area (Å²) in [6, 6.07) is 0. The Morgan fingerprint density at radius 1 is 1.32 bits per heavy atom. The lowest BCUT2D eigenvalue weighted by Gasteiger charge is -2.24. The van der Waals surface area contributed by atoms with Gasteiger partial charge in [-0.1, -0.05) is 19.9 Å². The highest BCUT2D eigenvalue weighted by Crippen LogP contribution is 2.09. The Morgan fingerprint density at radius 3 is 2.68 bits per heavy atom. The van der Waals surface area contributed by atoms with Gasteiger partial charge in [0.2, 0.25) is 5.91 Å². The summed E-state index contributed by atoms with van der Waals surface area (Å²) in [5.74, 6) is 0.318. The third kappa shape index (κ3) is 5.74. The molecule has 1 saturated heterocycles. The van der Waals surface area contributed by atoms with Crippen molar-refractivity contribution in [1.29, 1.82) is 0 Å². The van der Waals surface area contributed by atoms with Crippen molar-refractivity contribution in [3.8, 4) is 0 Å². The summed E-state index contributed by atoms with van der Waals surface area (Å²) in [7, 11) is 0. The molecule has 110 valence electrons. The number of aliphatic hydroxyl groups excluding tert-OH is 1. The first-order valence-electron chi connectivity index (χ1n) is 7.34. The van der Waals surface area contributed by atoms with Gasteiger partial charge < -0.3 is 10.0 Å². The Bertz CT molecular complexity index is 292. The second kappa shape index (κ2) is 8.33. The van der Waals surface area contributed by atoms with Gasteiger partial charge in [0, 0.05) is 32.1 Å². The summed E-state index contributed by atoms with van der Waals surface area (Å²) in [6.07, 6.45) is 4.17. The molecule has 1 aliphatic heterocycles. The molecule has 4 heteroatoms. The highest BCUT2D eigenvalue weighted by molar-refractivity contribution is 5.78. The average molecular weight is 268 g/mol. The Hall–Kier alpha value is -0.870. The number of hydrogen-bond acceptors (Lipinski definition) is 3. The fourth-order valence-electron chi connectivity index (χ4n) is 2.44. The molecule has 1 amide bonds. The summed E-state index contributed by atoms with van der Waals surface area (Å²) >= 11 is 0. The van der Waals surface area contributed by atoms with E-state index in [0.29, 0.717) is 6.54 Å². The third-order valence-corrected chi connectivity index (χ3v) is 3.57. The van der Waals surface area contributed by atoms with Crippen molar-refractivity contribution in [3.63, 3.8) is 0 Å². The molecular weight excluding hydrogens is 240 g/mol. The molecular formula is C15H28N2O2. The van der Waals surface area contributed by atoms with E-state index < -0.39 is 0 Å². The standard InChI is InChI=1S/C15H28N2O2/c1-4-5-7-14(18)12-16-8-6-9-17(11-10-16)15(19)13(2)3/h4,13-14,18H,1,5-12H2,2-3H3. The number of hydrogen-bond donors (Lipinski definition) is 1. The topological polar surface area (TPSA) is 43.8 Å². The molecule has 0 aromatic rings. The molecule has 1 fully saturated rings. The van der Waals surface area contributed by atoms with Gasteiger partial charge in [-0.05, 0) is 25.8 Å². The SMILES string of the molecule is C=CCCC(O)CN1CCCN(C(=O)C(C)C)CC1. The Morgan fingerprint density at radius 2 is 2.05 bits per heavy atom. The Balaban J connectivity index is 2.37. The van der Waals surface area contributed by atoms with E-state index in [1.807, 2.05) is 24.8 Å². The monoisotopic (exact) mass is 268 g/mol. The Labute approximate surface area is 117 Å². The number of carbonyl (C=O) groups excluding carboxylic acids is 1. The first kappa shape index (κ1) is 16.2. The third-order valence-electron chi connectivity index (χ3n) is 3.57. The quantitative estimate of drug-likeness (QED) is 0.743. The van der Waals surface area contributed by atoms with Crippen LogP contribution in [-0.2, 0) is 4.79 Å². The van der Waals surface area contributed by atoms with Crippen molar-refractivity contribution in [2.24, 2.45) is 5.92 Å². The molecule has 1 heterocycles. The predicted molar refractivity (Wildman–Crippen MR) is 77.9 cm³/mol. The van der Waals surface area contributed by atoms with E-state index in [4.69, 9.17) is 0 Å². The van der Waals surface area contributed by atoms with Crippen LogP contribution in [-0.4, -0.2) is 59.6 Å². The van der Waals surface area contributed by atoms with Gasteiger partial charge in [0.05, 0.1) is 6.10 Å². The van der Waals surface area contributed by atoms with Gasteiger partial charge in [-0.2, -0.15) is 0 Å². The Kier molecular flexibility index (Phi) is 7.10. The molecule has 1 rings (SSSR count). The van der Waals surface area contributed by atoms with Crippen LogP contribution in [0.4, 0.5) is 0 Å². The van der Waals surface area contributed by atoms with Gasteiger partial charge in [0.15, 0.2) is 0 Å². The minimum absolute atomic E-state index is 0.0738. The van der Waals surface area contributed by atoms with Crippen LogP contribution in [0.1, 0.15) is 33.1 Å². The second-order valence-corrected chi connectivity index (χ2v) is 5.65. The lowest BCUT2D eigenvalue weighted by Crippen LogP contribution is -2.39. The minimum Gasteiger partial charge on any atom is -0.392 e. The second-order valence-electron chi connectivity index (χ2n) is 5.65. The van der Waals surface area contributed by atoms with Crippen molar-refractivity contribution in [2.45, 2.75) is 39.2 Å². The largest absolute Gasteiger partial charge is 0.392 e. The summed E-state index contributed by atoms with van der Waals surface area (Å²) in [5, 5.41) is 9.92. The molecule has 0 aliphatic carbocycles. The molecule has 19 heavy (non-hydrogen) atoms. The maximum atomic E-state index is 12.0. The van der Waals surface area contributed by atoms with E-state index >= 15 is 0 Å². The summed E-state index contributed by atoms with van der Waals surface area (Å²) in [5.41, 5.74) is 0. The number of allylic oxidation sites excluding steroid dienone is 1. The molecule has 1 unspecified atom stereocenters. The van der Waals surface area contributed by atoms with Gasteiger partial charge in [-0.25, -0.2) is 0 Å². The van der Waals surface area contributed by atoms with E-state index in [2.05, 4.69) is 11.5 Å². The lowest BCUT2D eigenvalue weighted by atomic mass is 10.2. The van der Waals surface area contributed by atoms with Gasteiger partial charge in [-0.3, -0.25) is 9.69 Å². The van der Waals surface area contributed by atoms with Gasteiger partial charge in [0.1, 0.15) is 0 Å². The fraction of sp³-hybridized carbons (Fsp3) is 0.800. The number of nitrogens with zero attached hydrogens (tertiary/aromatic N) is 2. The molecule has 0 spiro atoms. The molecule has 4 nitrogen and oxygen atoms in total. The molecule has 0 saturated carbocycles. The molecule has 0 aromatic heterocycles. The summed E-state index contributed by atoms with van der Waals surface area (Å²) in [6.45, 7) is 11.7. The van der Waals surface area contributed by atoms with Crippen LogP contribution in [0.15, 0.2) is 12.7 Å². The van der Waals surface area contributed by atoms with Crippen LogP contribution in [0.2, 0.25) is 0 Å². The van der Waals surface area contributed by atoms with Gasteiger partial charge in [-0.15, -0.1) is 6.58 Å². The molecule has 0 radical (unpaired) electrons. The van der Waals surface area contributed by atoms with Gasteiger partial charge >= 0.3 is 0 Å². The number of carbonyl (C=O) groups is 1. The van der Waals surface area contributed by atoms with Crippen LogP contribution in [0, 0.1) is 5.92 Å². The highest BCUT2D eigenvalue weighted by Gasteiger charge is 2.21. The maximum Gasteiger partial charge on any atom is 0.225 e. The number of aliphatic hydroxyl groups is 1. The van der Waals surface area contributed by atoms with Crippen LogP contribution in [0.5, 0.6) is 0 Å². The zero-order chi connectivity index (χ0) is 14.3. The van der Waals surface area contributed by atoms with Crippen molar-refractivity contribution in [3.05, 3.63) is 12.7 Å². The maximum absolute atomic E-state index is 12.0. The van der Waals surface area contributed by atoms with Crippen LogP contribution < -0.4 is 0 Å². The first-order chi connectivity index (χ1) is 9.04. The van der Waals surface area contributed by atoms with Crippen LogP contribution >= 0.6 is 0 Å². The summed E-state index contributed by atoms with van der Waals surface area (Å²) < 4.78 is 0. The summed E-state index contributed by atoms with van der Waals surface area (Å²) in [4.78, 5) is 16.2. The molecule has 1 aliphatic rings.